The molecule has 5 heterocycles. The molecule has 4 aliphatic heterocycles. The molecule has 2 unspecified atom stereocenters. The van der Waals surface area contributed by atoms with Crippen LogP contribution >= 0.6 is 0 Å². The Balaban J connectivity index is 1.72. The summed E-state index contributed by atoms with van der Waals surface area (Å²) in [6.07, 6.45) is 2.41. The fourth-order valence-corrected chi connectivity index (χ4v) is 6.35. The van der Waals surface area contributed by atoms with Gasteiger partial charge in [-0.05, 0) is 58.7 Å². The van der Waals surface area contributed by atoms with E-state index in [4.69, 9.17) is 14.5 Å². The van der Waals surface area contributed by atoms with Crippen molar-refractivity contribution in [2.24, 2.45) is 0 Å². The van der Waals surface area contributed by atoms with E-state index in [-0.39, 0.29) is 12.0 Å². The smallest absolute Gasteiger partial charge is 0.287 e. The minimum atomic E-state index is -2.63. The Kier molecular flexibility index (Phi) is 5.15. The lowest BCUT2D eigenvalue weighted by Crippen LogP contribution is -2.75. The minimum absolute atomic E-state index is 0.191. The van der Waals surface area contributed by atoms with Gasteiger partial charge in [-0.25, -0.2) is 9.78 Å². The molecule has 0 bridgehead atoms. The van der Waals surface area contributed by atoms with Crippen molar-refractivity contribution in [1.82, 2.24) is 14.4 Å². The molecule has 196 valence electrons. The highest BCUT2D eigenvalue weighted by Crippen LogP contribution is 2.52. The molecular weight excluding hydrogens is 478 g/mol. The number of nitrogens with zero attached hydrogens (tertiary/aromatic N) is 3. The summed E-state index contributed by atoms with van der Waals surface area (Å²) >= 11 is 0. The zero-order chi connectivity index (χ0) is 26.4. The lowest BCUT2D eigenvalue weighted by atomic mass is 9.80. The van der Waals surface area contributed by atoms with Crippen LogP contribution in [0.3, 0.4) is 0 Å². The lowest BCUT2D eigenvalue weighted by molar-refractivity contribution is -0.389. The van der Waals surface area contributed by atoms with Gasteiger partial charge in [-0.3, -0.25) is 19.3 Å². The van der Waals surface area contributed by atoms with E-state index in [0.717, 1.165) is 10.5 Å². The van der Waals surface area contributed by atoms with E-state index in [1.165, 1.54) is 4.90 Å². The van der Waals surface area contributed by atoms with Gasteiger partial charge in [0.05, 0.1) is 29.9 Å². The van der Waals surface area contributed by atoms with Crippen LogP contribution in [0, 0.1) is 0 Å². The number of allylic oxidation sites excluding steroid dienone is 1. The molecule has 0 aliphatic carbocycles. The Morgan fingerprint density at radius 2 is 1.95 bits per heavy atom. The molecule has 1 aromatic heterocycles. The van der Waals surface area contributed by atoms with Crippen LogP contribution in [-0.2, 0) is 19.4 Å². The van der Waals surface area contributed by atoms with E-state index in [1.807, 2.05) is 38.3 Å². The number of rotatable bonds is 2. The maximum atomic E-state index is 14.2. The quantitative estimate of drug-likeness (QED) is 0.376. The Labute approximate surface area is 214 Å². The fourth-order valence-electron chi connectivity index (χ4n) is 6.35. The van der Waals surface area contributed by atoms with E-state index in [9.17, 15) is 19.5 Å². The van der Waals surface area contributed by atoms with Gasteiger partial charge in [0.2, 0.25) is 11.7 Å². The Bertz CT molecular complexity index is 1390. The van der Waals surface area contributed by atoms with Crippen LogP contribution in [-0.4, -0.2) is 68.1 Å². The van der Waals surface area contributed by atoms with Crippen molar-refractivity contribution in [2.75, 3.05) is 13.7 Å². The molecule has 0 radical (unpaired) electrons. The lowest BCUT2D eigenvalue weighted by Gasteiger charge is -2.53. The number of Topliss-reactive ketones (excluding diaryl/α,β-unsaturated/α-hetero) is 1. The van der Waals surface area contributed by atoms with E-state index < -0.39 is 47.2 Å². The second-order valence-corrected chi connectivity index (χ2v) is 11.2. The maximum Gasteiger partial charge on any atom is 0.287 e. The number of piperazine rings is 1. The monoisotopic (exact) mass is 509 g/mol. The number of aromatic nitrogens is 1. The molecule has 4 aliphatic rings. The molecule has 10 heteroatoms. The molecule has 37 heavy (non-hydrogen) atoms. The summed E-state index contributed by atoms with van der Waals surface area (Å²) in [5, 5.41) is 12.5. The van der Waals surface area contributed by atoms with Crippen molar-refractivity contribution in [3.05, 3.63) is 41.1 Å². The van der Waals surface area contributed by atoms with Gasteiger partial charge < -0.3 is 19.3 Å². The summed E-state index contributed by atoms with van der Waals surface area (Å²) in [4.78, 5) is 56.3. The van der Waals surface area contributed by atoms with Crippen molar-refractivity contribution in [3.63, 3.8) is 0 Å². The topological polar surface area (TPSA) is 111 Å². The van der Waals surface area contributed by atoms with Crippen LogP contribution in [0.25, 0.3) is 10.9 Å². The summed E-state index contributed by atoms with van der Waals surface area (Å²) in [6, 6.07) is 3.74. The predicted molar refractivity (Wildman–Crippen MR) is 131 cm³/mol. The normalized spacial score (nSPS) is 30.4. The Morgan fingerprint density at radius 3 is 2.65 bits per heavy atom. The number of hydrogen-bond donors (Lipinski definition) is 1. The number of amides is 2. The summed E-state index contributed by atoms with van der Waals surface area (Å²) in [5.74, 6) is -1.40. The van der Waals surface area contributed by atoms with E-state index in [1.54, 1.807) is 25.3 Å². The van der Waals surface area contributed by atoms with Crippen LogP contribution in [0.4, 0.5) is 0 Å². The fraction of sp³-hybridized carbons (Fsp3) is 0.519. The average Bonchev–Trinajstić information content (AvgIpc) is 3.46. The summed E-state index contributed by atoms with van der Waals surface area (Å²) < 4.78 is 7.30. The second-order valence-electron chi connectivity index (χ2n) is 11.2. The van der Waals surface area contributed by atoms with E-state index >= 15 is 0 Å². The molecular formula is C27H31N3O7. The van der Waals surface area contributed by atoms with Gasteiger partial charge in [-0.15, -0.1) is 0 Å². The minimum Gasteiger partial charge on any atom is -0.497 e. The number of methoxy groups -OCH3 is 1. The molecule has 6 rings (SSSR count). The van der Waals surface area contributed by atoms with Gasteiger partial charge in [0.1, 0.15) is 17.4 Å². The van der Waals surface area contributed by atoms with E-state index in [0.29, 0.717) is 41.7 Å². The molecule has 10 nitrogen and oxygen atoms in total. The molecule has 2 fully saturated rings. The molecule has 4 atom stereocenters. The van der Waals surface area contributed by atoms with Crippen LogP contribution in [0.2, 0.25) is 0 Å². The molecule has 2 amide bonds. The molecule has 0 spiro atoms. The highest BCUT2D eigenvalue weighted by Gasteiger charge is 2.67. The number of benzene rings is 1. The number of carbonyl (C=O) groups excluding carboxylic acids is 3. The molecule has 1 N–H and O–H groups in total. The van der Waals surface area contributed by atoms with Gasteiger partial charge in [0.15, 0.2) is 6.23 Å². The van der Waals surface area contributed by atoms with Crippen LogP contribution in [0.5, 0.6) is 5.75 Å². The van der Waals surface area contributed by atoms with Gasteiger partial charge in [0.25, 0.3) is 11.6 Å². The van der Waals surface area contributed by atoms with Gasteiger partial charge in [-0.1, -0.05) is 5.57 Å². The second kappa shape index (κ2) is 7.89. The highest BCUT2D eigenvalue weighted by molar-refractivity contribution is 6.25. The SMILES string of the molecule is COc1ccc2c3c4n(c2c1)C(C=C(C)C)OOC(C)(C)CC4N1C(=O)[C@@H]2CCCN2C(=O)[C@]1(O)C3=O. The van der Waals surface area contributed by atoms with Gasteiger partial charge >= 0.3 is 0 Å². The molecule has 1 aromatic carbocycles. The molecule has 0 saturated carbocycles. The third-order valence-corrected chi connectivity index (χ3v) is 7.89. The molecule has 2 saturated heterocycles. The summed E-state index contributed by atoms with van der Waals surface area (Å²) in [5.41, 5.74) is -1.24. The zero-order valence-electron chi connectivity index (χ0n) is 21.6. The van der Waals surface area contributed by atoms with E-state index in [2.05, 4.69) is 0 Å². The van der Waals surface area contributed by atoms with Gasteiger partial charge in [-0.2, -0.15) is 0 Å². The van der Waals surface area contributed by atoms with Gasteiger partial charge in [0, 0.05) is 24.4 Å². The largest absolute Gasteiger partial charge is 0.497 e. The summed E-state index contributed by atoms with van der Waals surface area (Å²) in [7, 11) is 1.55. The average molecular weight is 510 g/mol. The van der Waals surface area contributed by atoms with Crippen LogP contribution in [0.1, 0.15) is 75.3 Å². The van der Waals surface area contributed by atoms with Crippen molar-refractivity contribution in [3.8, 4) is 5.75 Å². The first-order valence-electron chi connectivity index (χ1n) is 12.6. The highest BCUT2D eigenvalue weighted by atomic mass is 17.2. The number of hydrogen-bond acceptors (Lipinski definition) is 7. The maximum absolute atomic E-state index is 14.2. The number of ketones is 1. The first-order valence-corrected chi connectivity index (χ1v) is 12.6. The number of fused-ring (bicyclic) bond motifs is 6. The zero-order valence-corrected chi connectivity index (χ0v) is 21.6. The van der Waals surface area contributed by atoms with Crippen LogP contribution in [0.15, 0.2) is 29.8 Å². The summed E-state index contributed by atoms with van der Waals surface area (Å²) in [6.45, 7) is 7.83. The first-order chi connectivity index (χ1) is 17.5. The van der Waals surface area contributed by atoms with Crippen LogP contribution < -0.4 is 4.74 Å². The standard InChI is InChI=1S/C27H31N3O7/c1-14(2)11-20-29-18-12-15(35-5)8-9-16(18)21-22(29)19(13-26(3,4)37-36-20)30-24(32)17-7-6-10-28(17)25(33)27(30,34)23(21)31/h8-9,11-12,17,19-20,34H,6-7,10,13H2,1-5H3/t17-,19?,20?,27+/m0/s1. The number of ether oxygens (including phenoxy) is 1. The third-order valence-electron chi connectivity index (χ3n) is 7.89. The number of aliphatic hydroxyl groups is 1. The van der Waals surface area contributed by atoms with Crippen molar-refractivity contribution >= 4 is 28.5 Å². The number of carbonyl (C=O) groups is 3. The Hall–Kier alpha value is -3.21. The third kappa shape index (κ3) is 3.19. The first kappa shape index (κ1) is 24.1. The predicted octanol–water partition coefficient (Wildman–Crippen LogP) is 3.00. The Morgan fingerprint density at radius 1 is 1.19 bits per heavy atom. The van der Waals surface area contributed by atoms with Crippen molar-refractivity contribution in [2.45, 2.75) is 76.6 Å². The molecule has 2 aromatic rings. The van der Waals surface area contributed by atoms with Crippen molar-refractivity contribution < 1.29 is 34.0 Å². The van der Waals surface area contributed by atoms with Crippen molar-refractivity contribution in [1.29, 1.82) is 0 Å².